The second-order valence-electron chi connectivity index (χ2n) is 10.1. The summed E-state index contributed by atoms with van der Waals surface area (Å²) in [6, 6.07) is 4.03. The molecule has 0 unspecified atom stereocenters. The van der Waals surface area contributed by atoms with Crippen molar-refractivity contribution in [1.29, 1.82) is 0 Å². The molecule has 3 rings (SSSR count). The highest BCUT2D eigenvalue weighted by atomic mass is 28.4. The first-order chi connectivity index (χ1) is 12.7. The molecule has 27 heavy (non-hydrogen) atoms. The van der Waals surface area contributed by atoms with E-state index in [4.69, 9.17) is 9.53 Å². The number of pyridine rings is 1. The number of aliphatic hydroxyl groups is 1. The number of hydrogen-bond acceptors (Lipinski definition) is 4. The average Bonchev–Trinajstić information content (AvgIpc) is 3.40. The lowest BCUT2D eigenvalue weighted by atomic mass is 9.90. The molecular weight excluding hydrogens is 352 g/mol. The quantitative estimate of drug-likeness (QED) is 0.677. The van der Waals surface area contributed by atoms with Crippen LogP contribution in [0.4, 0.5) is 5.82 Å². The van der Waals surface area contributed by atoms with E-state index < -0.39 is 8.32 Å². The Morgan fingerprint density at radius 3 is 2.48 bits per heavy atom. The van der Waals surface area contributed by atoms with Crippen LogP contribution in [0.3, 0.4) is 0 Å². The molecule has 0 bridgehead atoms. The molecule has 0 spiro atoms. The molecular formula is C22H38N2O2Si. The SMILES string of the molecule is CC(C)(C)[Si](C)(C)OCC[C@@H]1C[C@@H]1C1CCN(c2ccc(CO)cn2)CC1. The smallest absolute Gasteiger partial charge is 0.191 e. The molecule has 1 aromatic rings. The molecule has 1 aliphatic carbocycles. The summed E-state index contributed by atoms with van der Waals surface area (Å²) in [5.74, 6) is 3.77. The van der Waals surface area contributed by atoms with Gasteiger partial charge in [-0.3, -0.25) is 0 Å². The third-order valence-corrected chi connectivity index (χ3v) is 11.7. The highest BCUT2D eigenvalue weighted by Crippen LogP contribution is 2.50. The zero-order valence-electron chi connectivity index (χ0n) is 17.9. The molecule has 0 aromatic carbocycles. The van der Waals surface area contributed by atoms with E-state index in [1.165, 1.54) is 25.7 Å². The van der Waals surface area contributed by atoms with Gasteiger partial charge in [0.15, 0.2) is 8.32 Å². The lowest BCUT2D eigenvalue weighted by Crippen LogP contribution is -2.41. The van der Waals surface area contributed by atoms with Gasteiger partial charge in [0, 0.05) is 25.9 Å². The van der Waals surface area contributed by atoms with Crippen LogP contribution in [-0.4, -0.2) is 38.1 Å². The molecule has 1 aliphatic heterocycles. The molecule has 2 heterocycles. The van der Waals surface area contributed by atoms with Crippen LogP contribution in [0.1, 0.15) is 52.0 Å². The number of piperidine rings is 1. The van der Waals surface area contributed by atoms with E-state index >= 15 is 0 Å². The van der Waals surface area contributed by atoms with Crippen LogP contribution >= 0.6 is 0 Å². The summed E-state index contributed by atoms with van der Waals surface area (Å²) in [7, 11) is -1.59. The zero-order valence-corrected chi connectivity index (χ0v) is 18.9. The molecule has 0 radical (unpaired) electrons. The topological polar surface area (TPSA) is 45.6 Å². The van der Waals surface area contributed by atoms with E-state index in [2.05, 4.69) is 43.7 Å². The average molecular weight is 391 g/mol. The fraction of sp³-hybridized carbons (Fsp3) is 0.773. The van der Waals surface area contributed by atoms with Crippen LogP contribution in [0.15, 0.2) is 18.3 Å². The third kappa shape index (κ3) is 5.12. The number of anilines is 1. The van der Waals surface area contributed by atoms with Gasteiger partial charge in [0.05, 0.1) is 6.61 Å². The molecule has 1 aromatic heterocycles. The van der Waals surface area contributed by atoms with E-state index in [1.807, 2.05) is 12.1 Å². The van der Waals surface area contributed by atoms with Gasteiger partial charge < -0.3 is 14.4 Å². The van der Waals surface area contributed by atoms with Gasteiger partial charge in [-0.15, -0.1) is 0 Å². The van der Waals surface area contributed by atoms with Crippen LogP contribution < -0.4 is 4.90 Å². The summed E-state index contributed by atoms with van der Waals surface area (Å²) >= 11 is 0. The number of aliphatic hydroxyl groups excluding tert-OH is 1. The van der Waals surface area contributed by atoms with Crippen LogP contribution in [0.2, 0.25) is 18.1 Å². The van der Waals surface area contributed by atoms with Gasteiger partial charge in [0.25, 0.3) is 0 Å². The molecule has 2 atom stereocenters. The van der Waals surface area contributed by atoms with Gasteiger partial charge in [-0.25, -0.2) is 4.98 Å². The minimum absolute atomic E-state index is 0.0670. The van der Waals surface area contributed by atoms with Gasteiger partial charge in [-0.1, -0.05) is 26.8 Å². The van der Waals surface area contributed by atoms with Gasteiger partial charge in [0.2, 0.25) is 0 Å². The largest absolute Gasteiger partial charge is 0.417 e. The summed E-state index contributed by atoms with van der Waals surface area (Å²) in [6.07, 6.45) is 7.03. The minimum Gasteiger partial charge on any atom is -0.417 e. The minimum atomic E-state index is -1.59. The molecule has 1 saturated heterocycles. The van der Waals surface area contributed by atoms with Crippen molar-refractivity contribution in [2.45, 2.75) is 71.2 Å². The monoisotopic (exact) mass is 390 g/mol. The number of hydrogen-bond donors (Lipinski definition) is 1. The van der Waals surface area contributed by atoms with Gasteiger partial charge >= 0.3 is 0 Å². The molecule has 1 N–H and O–H groups in total. The summed E-state index contributed by atoms with van der Waals surface area (Å²) < 4.78 is 6.38. The Morgan fingerprint density at radius 2 is 1.93 bits per heavy atom. The normalized spacial score (nSPS) is 24.3. The van der Waals surface area contributed by atoms with E-state index in [0.29, 0.717) is 5.04 Å². The molecule has 1 saturated carbocycles. The summed E-state index contributed by atoms with van der Waals surface area (Å²) in [5, 5.41) is 9.46. The molecule has 0 amide bonds. The Balaban J connectivity index is 1.38. The van der Waals surface area contributed by atoms with Gasteiger partial charge in [0.1, 0.15) is 5.82 Å². The highest BCUT2D eigenvalue weighted by Gasteiger charge is 2.44. The van der Waals surface area contributed by atoms with Crippen LogP contribution in [0.5, 0.6) is 0 Å². The number of rotatable bonds is 7. The molecule has 2 fully saturated rings. The highest BCUT2D eigenvalue weighted by molar-refractivity contribution is 6.74. The van der Waals surface area contributed by atoms with Crippen LogP contribution in [-0.2, 0) is 11.0 Å². The first kappa shape index (κ1) is 20.8. The summed E-state index contributed by atoms with van der Waals surface area (Å²) in [5.41, 5.74) is 0.884. The maximum absolute atomic E-state index is 9.15. The van der Waals surface area contributed by atoms with Crippen LogP contribution in [0, 0.1) is 17.8 Å². The molecule has 5 heteroatoms. The first-order valence-corrected chi connectivity index (χ1v) is 13.6. The zero-order chi connectivity index (χ0) is 19.7. The predicted octanol–water partition coefficient (Wildman–Crippen LogP) is 4.84. The maximum Gasteiger partial charge on any atom is 0.191 e. The predicted molar refractivity (Wildman–Crippen MR) is 114 cm³/mol. The first-order valence-electron chi connectivity index (χ1n) is 10.7. The summed E-state index contributed by atoms with van der Waals surface area (Å²) in [6.45, 7) is 14.9. The Kier molecular flexibility index (Phi) is 6.33. The third-order valence-electron chi connectivity index (χ3n) is 7.20. The molecule has 152 valence electrons. The van der Waals surface area contributed by atoms with Crippen molar-refractivity contribution in [2.24, 2.45) is 17.8 Å². The van der Waals surface area contributed by atoms with Crippen molar-refractivity contribution in [3.63, 3.8) is 0 Å². The summed E-state index contributed by atoms with van der Waals surface area (Å²) in [4.78, 5) is 6.91. The van der Waals surface area contributed by atoms with Crippen molar-refractivity contribution in [3.05, 3.63) is 23.9 Å². The van der Waals surface area contributed by atoms with E-state index in [1.54, 1.807) is 6.20 Å². The standard InChI is InChI=1S/C22H38N2O2Si/c1-22(2,3)27(4,5)26-13-10-19-14-20(19)18-8-11-24(12-9-18)21-7-6-17(16-25)15-23-21/h6-7,15,18-20,25H,8-14,16H2,1-5H3/t19-,20-/m1/s1. The van der Waals surface area contributed by atoms with E-state index in [-0.39, 0.29) is 6.61 Å². The maximum atomic E-state index is 9.15. The molecule has 2 aliphatic rings. The Labute approximate surface area is 166 Å². The second kappa shape index (κ2) is 8.22. The molecule has 4 nitrogen and oxygen atoms in total. The fourth-order valence-electron chi connectivity index (χ4n) is 4.12. The lowest BCUT2D eigenvalue weighted by molar-refractivity contribution is 0.263. The van der Waals surface area contributed by atoms with Gasteiger partial charge in [-0.05, 0) is 73.2 Å². The Hall–Kier alpha value is -0.913. The Morgan fingerprint density at radius 1 is 1.22 bits per heavy atom. The fourth-order valence-corrected chi connectivity index (χ4v) is 5.18. The number of nitrogens with zero attached hydrogens (tertiary/aromatic N) is 2. The number of aromatic nitrogens is 1. The van der Waals surface area contributed by atoms with Crippen LogP contribution in [0.25, 0.3) is 0 Å². The Bertz CT molecular complexity index is 604. The second-order valence-corrected chi connectivity index (χ2v) is 14.9. The van der Waals surface area contributed by atoms with Crippen molar-refractivity contribution in [2.75, 3.05) is 24.6 Å². The van der Waals surface area contributed by atoms with Crippen molar-refractivity contribution >= 4 is 14.1 Å². The van der Waals surface area contributed by atoms with Gasteiger partial charge in [-0.2, -0.15) is 0 Å². The lowest BCUT2D eigenvalue weighted by Gasteiger charge is -2.36. The van der Waals surface area contributed by atoms with Crippen molar-refractivity contribution in [3.8, 4) is 0 Å². The van der Waals surface area contributed by atoms with Crippen molar-refractivity contribution in [1.82, 2.24) is 4.98 Å². The van der Waals surface area contributed by atoms with E-state index in [9.17, 15) is 0 Å². The van der Waals surface area contributed by atoms with E-state index in [0.717, 1.165) is 48.8 Å². The van der Waals surface area contributed by atoms with Crippen molar-refractivity contribution < 1.29 is 9.53 Å².